The third-order valence-corrected chi connectivity index (χ3v) is 6.50. The summed E-state index contributed by atoms with van der Waals surface area (Å²) in [5.41, 5.74) is 4.69. The Kier molecular flexibility index (Phi) is 7.37. The van der Waals surface area contributed by atoms with E-state index in [0.29, 0.717) is 37.7 Å². The van der Waals surface area contributed by atoms with E-state index in [1.165, 1.54) is 12.4 Å². The Bertz CT molecular complexity index is 1230. The summed E-state index contributed by atoms with van der Waals surface area (Å²) in [5.74, 6) is -1.12. The highest BCUT2D eigenvalue weighted by Crippen LogP contribution is 2.37. The molecule has 0 spiro atoms. The van der Waals surface area contributed by atoms with Crippen LogP contribution in [0, 0.1) is 5.82 Å². The van der Waals surface area contributed by atoms with Crippen molar-refractivity contribution in [2.24, 2.45) is 0 Å². The van der Waals surface area contributed by atoms with Gasteiger partial charge in [-0.2, -0.15) is 13.2 Å². The van der Waals surface area contributed by atoms with E-state index in [1.807, 2.05) is 19.0 Å². The molecule has 1 fully saturated rings. The molecule has 0 aliphatic carbocycles. The molecule has 1 aromatic carbocycles. The van der Waals surface area contributed by atoms with E-state index in [9.17, 15) is 17.6 Å². The van der Waals surface area contributed by atoms with Gasteiger partial charge in [-0.1, -0.05) is 11.6 Å². The fourth-order valence-corrected chi connectivity index (χ4v) is 4.45. The van der Waals surface area contributed by atoms with E-state index in [2.05, 4.69) is 15.0 Å². The molecule has 1 unspecified atom stereocenters. The Labute approximate surface area is 209 Å². The molecule has 0 radical (unpaired) electrons. The molecule has 2 N–H and O–H groups in total. The number of aromatic nitrogens is 4. The molecule has 2 aromatic heterocycles. The number of alkyl halides is 4. The zero-order chi connectivity index (χ0) is 26.2. The molecule has 0 bridgehead atoms. The first kappa shape index (κ1) is 26.1. The minimum Gasteiger partial charge on any atom is -0.382 e. The molecule has 0 amide bonds. The molecule has 2 atom stereocenters. The van der Waals surface area contributed by atoms with Gasteiger partial charge in [0, 0.05) is 31.4 Å². The van der Waals surface area contributed by atoms with Crippen molar-refractivity contribution in [1.29, 1.82) is 0 Å². The number of hydrogen-bond acceptors (Lipinski definition) is 6. The lowest BCUT2D eigenvalue weighted by atomic mass is 9.94. The largest absolute Gasteiger partial charge is 0.419 e. The maximum absolute atomic E-state index is 15.5. The fraction of sp³-hybridized carbons (Fsp3) is 0.435. The van der Waals surface area contributed by atoms with Gasteiger partial charge in [0.15, 0.2) is 5.82 Å². The maximum atomic E-state index is 15.5. The number of nitrogens with two attached hydrogens (primary N) is 1. The third kappa shape index (κ3) is 5.39. The van der Waals surface area contributed by atoms with Crippen molar-refractivity contribution in [1.82, 2.24) is 24.4 Å². The molecule has 1 aliphatic rings. The normalized spacial score (nSPS) is 18.8. The van der Waals surface area contributed by atoms with E-state index in [4.69, 9.17) is 17.3 Å². The summed E-state index contributed by atoms with van der Waals surface area (Å²) >= 11 is 6.21. The highest BCUT2D eigenvalue weighted by molar-refractivity contribution is 6.35. The Morgan fingerprint density at radius 2 is 1.97 bits per heavy atom. The van der Waals surface area contributed by atoms with Gasteiger partial charge >= 0.3 is 6.18 Å². The van der Waals surface area contributed by atoms with Crippen molar-refractivity contribution in [3.63, 3.8) is 0 Å². The molecule has 3 heterocycles. The molecule has 7 nitrogen and oxygen atoms in total. The second-order valence-corrected chi connectivity index (χ2v) is 9.31. The Morgan fingerprint density at radius 1 is 1.22 bits per heavy atom. The van der Waals surface area contributed by atoms with Gasteiger partial charge in [-0.3, -0.25) is 0 Å². The smallest absolute Gasteiger partial charge is 0.382 e. The Hall–Kier alpha value is -2.99. The van der Waals surface area contributed by atoms with Gasteiger partial charge in [0.1, 0.15) is 35.0 Å². The summed E-state index contributed by atoms with van der Waals surface area (Å²) in [6.07, 6.45) is -3.00. The van der Waals surface area contributed by atoms with Crippen LogP contribution in [0.4, 0.5) is 33.6 Å². The van der Waals surface area contributed by atoms with E-state index in [-0.39, 0.29) is 28.6 Å². The number of likely N-dealkylation sites (N-methyl/N-ethyl adjacent to an activating group) is 1. The Morgan fingerprint density at radius 3 is 2.64 bits per heavy atom. The highest BCUT2D eigenvalue weighted by Gasteiger charge is 2.36. The number of hydrogen-bond donors (Lipinski definition) is 1. The van der Waals surface area contributed by atoms with Crippen LogP contribution in [-0.2, 0) is 12.7 Å². The molecule has 1 aliphatic heterocycles. The number of rotatable bonds is 6. The molecule has 3 aromatic rings. The van der Waals surface area contributed by atoms with Crippen molar-refractivity contribution < 1.29 is 22.0 Å². The van der Waals surface area contributed by atoms with E-state index in [1.54, 1.807) is 15.7 Å². The number of nitrogens with zero attached hydrogens (tertiary/aromatic N) is 6. The van der Waals surface area contributed by atoms with Gasteiger partial charge in [0.25, 0.3) is 0 Å². The van der Waals surface area contributed by atoms with Gasteiger partial charge in [0.2, 0.25) is 0 Å². The molecule has 194 valence electrons. The predicted octanol–water partition coefficient (Wildman–Crippen LogP) is 4.63. The van der Waals surface area contributed by atoms with Crippen LogP contribution < -0.4 is 10.6 Å². The Balaban J connectivity index is 1.65. The summed E-state index contributed by atoms with van der Waals surface area (Å²) < 4.78 is 70.9. The summed E-state index contributed by atoms with van der Waals surface area (Å²) in [4.78, 5) is 16.1. The molecule has 36 heavy (non-hydrogen) atoms. The van der Waals surface area contributed by atoms with Crippen LogP contribution in [0.2, 0.25) is 5.02 Å². The number of halogens is 6. The SMILES string of the molecule is CN(C)CCn1cc(-c2ccc(F)c(C(F)(F)F)c2)nc1[C@H]1CCN(c2ncnc(N)c2Cl)CC1F. The maximum Gasteiger partial charge on any atom is 0.419 e. The average molecular weight is 530 g/mol. The quantitative estimate of drug-likeness (QED) is 0.469. The summed E-state index contributed by atoms with van der Waals surface area (Å²) in [6.45, 7) is 1.44. The molecular formula is C23H25ClF5N7. The lowest BCUT2D eigenvalue weighted by Crippen LogP contribution is -2.42. The van der Waals surface area contributed by atoms with Crippen molar-refractivity contribution in [2.45, 2.75) is 31.2 Å². The van der Waals surface area contributed by atoms with Gasteiger partial charge in [0.05, 0.1) is 23.7 Å². The summed E-state index contributed by atoms with van der Waals surface area (Å²) in [7, 11) is 3.75. The number of anilines is 2. The van der Waals surface area contributed by atoms with Gasteiger partial charge in [-0.15, -0.1) is 0 Å². The molecule has 0 saturated carbocycles. The summed E-state index contributed by atoms with van der Waals surface area (Å²) in [6, 6.07) is 2.74. The van der Waals surface area contributed by atoms with Crippen molar-refractivity contribution in [3.8, 4) is 11.3 Å². The minimum absolute atomic E-state index is 0.0223. The van der Waals surface area contributed by atoms with Crippen LogP contribution >= 0.6 is 11.6 Å². The van der Waals surface area contributed by atoms with Gasteiger partial charge < -0.3 is 20.1 Å². The van der Waals surface area contributed by atoms with Crippen molar-refractivity contribution in [2.75, 3.05) is 44.4 Å². The molecule has 13 heteroatoms. The number of imidazole rings is 1. The zero-order valence-corrected chi connectivity index (χ0v) is 20.4. The lowest BCUT2D eigenvalue weighted by Gasteiger charge is -2.35. The van der Waals surface area contributed by atoms with Crippen LogP contribution in [0.5, 0.6) is 0 Å². The highest BCUT2D eigenvalue weighted by atomic mass is 35.5. The first-order chi connectivity index (χ1) is 17.0. The second kappa shape index (κ2) is 10.2. The van der Waals surface area contributed by atoms with Crippen molar-refractivity contribution >= 4 is 23.2 Å². The molecule has 1 saturated heterocycles. The van der Waals surface area contributed by atoms with E-state index < -0.39 is 29.6 Å². The average Bonchev–Trinajstić information content (AvgIpc) is 3.23. The van der Waals surface area contributed by atoms with Crippen LogP contribution in [0.25, 0.3) is 11.3 Å². The minimum atomic E-state index is -4.85. The number of benzene rings is 1. The molecule has 4 rings (SSSR count). The van der Waals surface area contributed by atoms with Crippen LogP contribution in [-0.4, -0.2) is 64.3 Å². The first-order valence-electron chi connectivity index (χ1n) is 11.2. The fourth-order valence-electron chi connectivity index (χ4n) is 4.24. The number of piperidine rings is 1. The first-order valence-corrected chi connectivity index (χ1v) is 11.6. The standard InChI is InChI=1S/C23H25ClF5N7/c1-34(2)7-8-36-11-18(13-3-4-16(25)15(9-13)23(27,28)29)33-21(36)14-5-6-35(10-17(14)26)22-19(24)20(30)31-12-32-22/h3-4,9,11-12,14,17H,5-8,10H2,1-2H3,(H2,30,31,32)/t14-,17?/m0/s1. The third-order valence-electron chi connectivity index (χ3n) is 6.13. The topological polar surface area (TPSA) is 76.1 Å². The van der Waals surface area contributed by atoms with Crippen molar-refractivity contribution in [3.05, 3.63) is 53.0 Å². The van der Waals surface area contributed by atoms with E-state index in [0.717, 1.165) is 12.1 Å². The lowest BCUT2D eigenvalue weighted by molar-refractivity contribution is -0.139. The summed E-state index contributed by atoms with van der Waals surface area (Å²) in [5, 5.41) is 0.148. The van der Waals surface area contributed by atoms with Crippen LogP contribution in [0.15, 0.2) is 30.7 Å². The van der Waals surface area contributed by atoms with Crippen LogP contribution in [0.1, 0.15) is 23.7 Å². The monoisotopic (exact) mass is 529 g/mol. The predicted molar refractivity (Wildman–Crippen MR) is 127 cm³/mol. The zero-order valence-electron chi connectivity index (χ0n) is 19.6. The number of nitrogen functional groups attached to an aromatic ring is 1. The molecular weight excluding hydrogens is 505 g/mol. The van der Waals surface area contributed by atoms with Crippen LogP contribution in [0.3, 0.4) is 0 Å². The van der Waals surface area contributed by atoms with E-state index >= 15 is 4.39 Å². The second-order valence-electron chi connectivity index (χ2n) is 8.93. The van der Waals surface area contributed by atoms with Gasteiger partial charge in [-0.05, 0) is 38.7 Å². The van der Waals surface area contributed by atoms with Gasteiger partial charge in [-0.25, -0.2) is 23.7 Å².